The number of carboxylic acid groups (broad SMARTS) is 1. The summed E-state index contributed by atoms with van der Waals surface area (Å²) in [7, 11) is 1.48. The summed E-state index contributed by atoms with van der Waals surface area (Å²) < 4.78 is 16.4. The number of para-hydroxylation sites is 1. The minimum absolute atomic E-state index is 0.318. The van der Waals surface area contributed by atoms with Crippen LogP contribution in [0.5, 0.6) is 17.2 Å². The summed E-state index contributed by atoms with van der Waals surface area (Å²) in [6.45, 7) is 0.686. The predicted molar refractivity (Wildman–Crippen MR) is 91.7 cm³/mol. The largest absolute Gasteiger partial charge is 0.493 e. The number of ether oxygens (including phenoxy) is 3. The van der Waals surface area contributed by atoms with Crippen LogP contribution >= 0.6 is 0 Å². The normalized spacial score (nSPS) is 10.6. The third-order valence-electron chi connectivity index (χ3n) is 3.20. The van der Waals surface area contributed by atoms with Gasteiger partial charge < -0.3 is 19.3 Å². The molecule has 0 bridgehead atoms. The van der Waals surface area contributed by atoms with E-state index in [-0.39, 0.29) is 5.57 Å². The molecule has 0 aliphatic heterocycles. The Morgan fingerprint density at radius 2 is 1.84 bits per heavy atom. The molecule has 2 aromatic rings. The first-order valence-corrected chi connectivity index (χ1v) is 7.48. The standard InChI is InChI=1S/C19H17NO5/c1-23-18-12-14(11-15(13-20)19(21)22)7-8-17(18)25-10-9-24-16-5-3-2-4-6-16/h2-8,11-12H,9-10H2,1H3,(H,21,22). The van der Waals surface area contributed by atoms with Crippen LogP contribution in [0.15, 0.2) is 54.1 Å². The highest BCUT2D eigenvalue weighted by molar-refractivity contribution is 5.96. The molecule has 2 aromatic carbocycles. The number of benzene rings is 2. The minimum Gasteiger partial charge on any atom is -0.493 e. The Hall–Kier alpha value is -3.46. The Kier molecular flexibility index (Phi) is 6.43. The predicted octanol–water partition coefficient (Wildman–Crippen LogP) is 3.14. The van der Waals surface area contributed by atoms with Crippen LogP contribution in [0.2, 0.25) is 0 Å². The molecular formula is C19H17NO5. The molecule has 0 aromatic heterocycles. The average molecular weight is 339 g/mol. The van der Waals surface area contributed by atoms with Gasteiger partial charge in [0, 0.05) is 0 Å². The first-order valence-electron chi connectivity index (χ1n) is 7.48. The van der Waals surface area contributed by atoms with E-state index in [2.05, 4.69) is 0 Å². The number of carboxylic acids is 1. The van der Waals surface area contributed by atoms with Crippen molar-refractivity contribution >= 4 is 12.0 Å². The lowest BCUT2D eigenvalue weighted by molar-refractivity contribution is -0.132. The van der Waals surface area contributed by atoms with Gasteiger partial charge in [0.2, 0.25) is 0 Å². The molecule has 0 saturated heterocycles. The molecular weight excluding hydrogens is 322 g/mol. The number of aliphatic carboxylic acids is 1. The van der Waals surface area contributed by atoms with Crippen molar-refractivity contribution < 1.29 is 24.1 Å². The fourth-order valence-electron chi connectivity index (χ4n) is 2.03. The number of methoxy groups -OCH3 is 1. The molecule has 25 heavy (non-hydrogen) atoms. The summed E-state index contributed by atoms with van der Waals surface area (Å²) in [5, 5.41) is 17.7. The molecule has 128 valence electrons. The number of hydrogen-bond acceptors (Lipinski definition) is 5. The molecule has 2 rings (SSSR count). The van der Waals surface area contributed by atoms with E-state index in [9.17, 15) is 4.79 Å². The lowest BCUT2D eigenvalue weighted by Gasteiger charge is -2.12. The van der Waals surface area contributed by atoms with Crippen molar-refractivity contribution in [3.63, 3.8) is 0 Å². The Labute approximate surface area is 145 Å². The highest BCUT2D eigenvalue weighted by Crippen LogP contribution is 2.29. The zero-order valence-electron chi connectivity index (χ0n) is 13.6. The molecule has 0 heterocycles. The molecule has 0 unspecified atom stereocenters. The molecule has 0 aliphatic rings. The molecule has 0 spiro atoms. The van der Waals surface area contributed by atoms with E-state index in [1.165, 1.54) is 13.2 Å². The summed E-state index contributed by atoms with van der Waals surface area (Å²) in [6.07, 6.45) is 1.27. The van der Waals surface area contributed by atoms with Crippen molar-refractivity contribution in [1.82, 2.24) is 0 Å². The summed E-state index contributed by atoms with van der Waals surface area (Å²) in [5.41, 5.74) is 0.177. The summed E-state index contributed by atoms with van der Waals surface area (Å²) >= 11 is 0. The monoisotopic (exact) mass is 339 g/mol. The number of carbonyl (C=O) groups is 1. The number of rotatable bonds is 8. The van der Waals surface area contributed by atoms with E-state index in [0.29, 0.717) is 30.3 Å². The van der Waals surface area contributed by atoms with Gasteiger partial charge in [0.25, 0.3) is 0 Å². The highest BCUT2D eigenvalue weighted by Gasteiger charge is 2.09. The van der Waals surface area contributed by atoms with E-state index < -0.39 is 5.97 Å². The fraction of sp³-hybridized carbons (Fsp3) is 0.158. The SMILES string of the molecule is COc1cc(C=C(C#N)C(=O)O)ccc1OCCOc1ccccc1. The van der Waals surface area contributed by atoms with Crippen LogP contribution in [0.25, 0.3) is 6.08 Å². The second kappa shape index (κ2) is 8.99. The maximum absolute atomic E-state index is 10.9. The second-order valence-electron chi connectivity index (χ2n) is 4.90. The maximum Gasteiger partial charge on any atom is 0.346 e. The topological polar surface area (TPSA) is 88.8 Å². The van der Waals surface area contributed by atoms with Gasteiger partial charge in [-0.15, -0.1) is 0 Å². The van der Waals surface area contributed by atoms with Gasteiger partial charge in [0.1, 0.15) is 30.6 Å². The third-order valence-corrected chi connectivity index (χ3v) is 3.20. The van der Waals surface area contributed by atoms with Crippen molar-refractivity contribution in [2.75, 3.05) is 20.3 Å². The van der Waals surface area contributed by atoms with Crippen LogP contribution in [0.3, 0.4) is 0 Å². The first-order chi connectivity index (χ1) is 12.1. The van der Waals surface area contributed by atoms with Gasteiger partial charge in [0.05, 0.1) is 7.11 Å². The van der Waals surface area contributed by atoms with Gasteiger partial charge >= 0.3 is 5.97 Å². The van der Waals surface area contributed by atoms with Crippen molar-refractivity contribution in [3.8, 4) is 23.3 Å². The summed E-state index contributed by atoms with van der Waals surface area (Å²) in [4.78, 5) is 10.9. The summed E-state index contributed by atoms with van der Waals surface area (Å²) in [6, 6.07) is 15.9. The van der Waals surface area contributed by atoms with Gasteiger partial charge in [-0.1, -0.05) is 24.3 Å². The third kappa shape index (κ3) is 5.29. The van der Waals surface area contributed by atoms with Crippen LogP contribution in [0, 0.1) is 11.3 Å². The van der Waals surface area contributed by atoms with Crippen LogP contribution in [0.4, 0.5) is 0 Å². The molecule has 1 N–H and O–H groups in total. The van der Waals surface area contributed by atoms with E-state index in [4.69, 9.17) is 24.6 Å². The van der Waals surface area contributed by atoms with Crippen LogP contribution in [-0.2, 0) is 4.79 Å². The highest BCUT2D eigenvalue weighted by atomic mass is 16.5. The van der Waals surface area contributed by atoms with Crippen molar-refractivity contribution in [2.45, 2.75) is 0 Å². The Morgan fingerprint density at radius 1 is 1.12 bits per heavy atom. The summed E-state index contributed by atoms with van der Waals surface area (Å²) in [5.74, 6) is 0.428. The van der Waals surface area contributed by atoms with E-state index in [0.717, 1.165) is 5.75 Å². The number of hydrogen-bond donors (Lipinski definition) is 1. The van der Waals surface area contributed by atoms with Gasteiger partial charge in [0.15, 0.2) is 11.5 Å². The zero-order chi connectivity index (χ0) is 18.1. The molecule has 0 atom stereocenters. The molecule has 0 radical (unpaired) electrons. The van der Waals surface area contributed by atoms with E-state index >= 15 is 0 Å². The smallest absolute Gasteiger partial charge is 0.346 e. The van der Waals surface area contributed by atoms with Crippen molar-refractivity contribution in [1.29, 1.82) is 5.26 Å². The van der Waals surface area contributed by atoms with E-state index in [1.54, 1.807) is 24.3 Å². The number of nitrogens with zero attached hydrogens (tertiary/aromatic N) is 1. The lowest BCUT2D eigenvalue weighted by atomic mass is 10.1. The second-order valence-corrected chi connectivity index (χ2v) is 4.90. The maximum atomic E-state index is 10.9. The minimum atomic E-state index is -1.28. The first kappa shape index (κ1) is 17.9. The van der Waals surface area contributed by atoms with Crippen LogP contribution in [0.1, 0.15) is 5.56 Å². The van der Waals surface area contributed by atoms with Crippen molar-refractivity contribution in [2.24, 2.45) is 0 Å². The van der Waals surface area contributed by atoms with Gasteiger partial charge in [-0.25, -0.2) is 4.79 Å². The number of nitriles is 1. The Balaban J connectivity index is 1.99. The molecule has 0 fully saturated rings. The molecule has 0 amide bonds. The molecule has 6 nitrogen and oxygen atoms in total. The Bertz CT molecular complexity index is 793. The quantitative estimate of drug-likeness (QED) is 0.451. The molecule has 0 saturated carbocycles. The van der Waals surface area contributed by atoms with Crippen LogP contribution in [-0.4, -0.2) is 31.4 Å². The van der Waals surface area contributed by atoms with Gasteiger partial charge in [-0.2, -0.15) is 5.26 Å². The lowest BCUT2D eigenvalue weighted by Crippen LogP contribution is -2.09. The van der Waals surface area contributed by atoms with Crippen molar-refractivity contribution in [3.05, 3.63) is 59.7 Å². The molecule has 6 heteroatoms. The van der Waals surface area contributed by atoms with Gasteiger partial charge in [-0.05, 0) is 35.9 Å². The molecule has 0 aliphatic carbocycles. The fourth-order valence-corrected chi connectivity index (χ4v) is 2.03. The Morgan fingerprint density at radius 3 is 2.48 bits per heavy atom. The van der Waals surface area contributed by atoms with Gasteiger partial charge in [-0.3, -0.25) is 0 Å². The van der Waals surface area contributed by atoms with Crippen LogP contribution < -0.4 is 14.2 Å². The average Bonchev–Trinajstić information content (AvgIpc) is 2.64. The van der Waals surface area contributed by atoms with E-state index in [1.807, 2.05) is 30.3 Å². The zero-order valence-corrected chi connectivity index (χ0v) is 13.6.